The Kier molecular flexibility index (Phi) is 5.23. The van der Waals surface area contributed by atoms with Crippen LogP contribution in [0.3, 0.4) is 0 Å². The van der Waals surface area contributed by atoms with E-state index < -0.39 is 7.12 Å². The molecule has 0 aliphatic heterocycles. The molecule has 0 spiro atoms. The molecule has 100 valence electrons. The molecular formula is C14H12BBrN2O2. The molecule has 1 aromatic carbocycles. The quantitative estimate of drug-likeness (QED) is 0.667. The fourth-order valence-electron chi connectivity index (χ4n) is 1.54. The van der Waals surface area contributed by atoms with Gasteiger partial charge in [0.2, 0.25) is 0 Å². The Morgan fingerprint density at radius 1 is 0.850 bits per heavy atom. The smallest absolute Gasteiger partial charge is 0.423 e. The molecule has 0 unspecified atom stereocenters. The molecule has 0 bridgehead atoms. The van der Waals surface area contributed by atoms with Crippen molar-refractivity contribution in [3.63, 3.8) is 0 Å². The summed E-state index contributed by atoms with van der Waals surface area (Å²) in [6.07, 6.45) is 3.49. The monoisotopic (exact) mass is 330 g/mol. The third-order valence-corrected chi connectivity index (χ3v) is 3.07. The van der Waals surface area contributed by atoms with Crippen LogP contribution in [0.1, 0.15) is 0 Å². The van der Waals surface area contributed by atoms with Gasteiger partial charge >= 0.3 is 7.12 Å². The molecule has 0 fully saturated rings. The summed E-state index contributed by atoms with van der Waals surface area (Å²) in [5, 5.41) is 18.4. The minimum Gasteiger partial charge on any atom is -0.423 e. The number of hydrogen-bond donors (Lipinski definition) is 2. The van der Waals surface area contributed by atoms with Gasteiger partial charge < -0.3 is 10.0 Å². The van der Waals surface area contributed by atoms with E-state index in [1.807, 2.05) is 24.3 Å². The van der Waals surface area contributed by atoms with Crippen molar-refractivity contribution >= 4 is 39.5 Å². The zero-order valence-electron chi connectivity index (χ0n) is 10.5. The highest BCUT2D eigenvalue weighted by atomic mass is 79.9. The van der Waals surface area contributed by atoms with Crippen molar-refractivity contribution in [2.24, 2.45) is 0 Å². The third-order valence-electron chi connectivity index (χ3n) is 2.54. The van der Waals surface area contributed by atoms with Gasteiger partial charge in [-0.05, 0) is 41.9 Å². The van der Waals surface area contributed by atoms with Crippen LogP contribution >= 0.6 is 15.9 Å². The van der Waals surface area contributed by atoms with E-state index in [-0.39, 0.29) is 0 Å². The minimum absolute atomic E-state index is 0.503. The first-order valence-electron chi connectivity index (χ1n) is 5.94. The molecule has 0 saturated heterocycles. The van der Waals surface area contributed by atoms with E-state index in [4.69, 9.17) is 10.0 Å². The average Bonchev–Trinajstić information content (AvgIpc) is 2.48. The summed E-state index contributed by atoms with van der Waals surface area (Å²) in [5.41, 5.74) is 1.31. The lowest BCUT2D eigenvalue weighted by Gasteiger charge is -1.96. The first-order valence-corrected chi connectivity index (χ1v) is 6.73. The summed E-state index contributed by atoms with van der Waals surface area (Å²) in [5.74, 6) is 0. The second-order valence-electron chi connectivity index (χ2n) is 3.98. The number of pyridine rings is 2. The maximum absolute atomic E-state index is 8.65. The van der Waals surface area contributed by atoms with Gasteiger partial charge in [0, 0.05) is 22.3 Å². The number of fused-ring (bicyclic) bond motifs is 1. The Hall–Kier alpha value is -1.76. The summed E-state index contributed by atoms with van der Waals surface area (Å²) >= 11 is 3.23. The highest BCUT2D eigenvalue weighted by molar-refractivity contribution is 9.10. The van der Waals surface area contributed by atoms with E-state index in [0.717, 1.165) is 15.5 Å². The van der Waals surface area contributed by atoms with Crippen molar-refractivity contribution in [2.45, 2.75) is 0 Å². The molecule has 2 heterocycles. The molecule has 20 heavy (non-hydrogen) atoms. The van der Waals surface area contributed by atoms with E-state index in [2.05, 4.69) is 25.9 Å². The zero-order chi connectivity index (χ0) is 14.4. The largest absolute Gasteiger partial charge is 0.488 e. The van der Waals surface area contributed by atoms with Gasteiger partial charge in [0.1, 0.15) is 0 Å². The number of hydrogen-bond acceptors (Lipinski definition) is 4. The lowest BCUT2D eigenvalue weighted by atomic mass is 9.81. The van der Waals surface area contributed by atoms with Gasteiger partial charge in [0.05, 0.1) is 0 Å². The average molecular weight is 331 g/mol. The van der Waals surface area contributed by atoms with E-state index in [0.29, 0.717) is 5.46 Å². The fourth-order valence-corrected chi connectivity index (χ4v) is 1.81. The lowest BCUT2D eigenvalue weighted by molar-refractivity contribution is 0.426. The first-order chi connectivity index (χ1) is 9.66. The molecule has 0 radical (unpaired) electrons. The number of aromatic nitrogens is 2. The minimum atomic E-state index is -1.37. The number of benzene rings is 1. The number of rotatable bonds is 1. The Labute approximate surface area is 125 Å². The molecule has 0 aliphatic carbocycles. The maximum Gasteiger partial charge on any atom is 0.488 e. The van der Waals surface area contributed by atoms with Gasteiger partial charge in [0.15, 0.2) is 5.65 Å². The van der Waals surface area contributed by atoms with E-state index >= 15 is 0 Å². The van der Waals surface area contributed by atoms with Gasteiger partial charge in [-0.25, -0.2) is 9.97 Å². The Morgan fingerprint density at radius 3 is 1.85 bits per heavy atom. The maximum atomic E-state index is 8.65. The van der Waals surface area contributed by atoms with Crippen LogP contribution in [0.2, 0.25) is 0 Å². The van der Waals surface area contributed by atoms with Crippen LogP contribution in [-0.2, 0) is 0 Å². The highest BCUT2D eigenvalue weighted by Crippen LogP contribution is 2.05. The van der Waals surface area contributed by atoms with Crippen LogP contribution < -0.4 is 5.46 Å². The Balaban J connectivity index is 0.000000147. The zero-order valence-corrected chi connectivity index (χ0v) is 12.1. The number of halogens is 1. The third kappa shape index (κ3) is 4.13. The van der Waals surface area contributed by atoms with Crippen molar-refractivity contribution < 1.29 is 10.0 Å². The van der Waals surface area contributed by atoms with Crippen LogP contribution in [0.15, 0.2) is 65.4 Å². The predicted molar refractivity (Wildman–Crippen MR) is 83.5 cm³/mol. The van der Waals surface area contributed by atoms with Crippen molar-refractivity contribution in [3.8, 4) is 0 Å². The van der Waals surface area contributed by atoms with Crippen molar-refractivity contribution in [2.75, 3.05) is 0 Å². The van der Waals surface area contributed by atoms with Crippen molar-refractivity contribution in [1.82, 2.24) is 9.97 Å². The topological polar surface area (TPSA) is 66.2 Å². The molecule has 0 atom stereocenters. The summed E-state index contributed by atoms with van der Waals surface area (Å²) in [6.45, 7) is 0. The van der Waals surface area contributed by atoms with E-state index in [1.165, 1.54) is 0 Å². The van der Waals surface area contributed by atoms with Gasteiger partial charge in [-0.2, -0.15) is 0 Å². The van der Waals surface area contributed by atoms with Crippen molar-refractivity contribution in [3.05, 3.63) is 65.4 Å². The van der Waals surface area contributed by atoms with Crippen LogP contribution in [0.25, 0.3) is 11.0 Å². The summed E-state index contributed by atoms with van der Waals surface area (Å²) < 4.78 is 0.928. The second-order valence-corrected chi connectivity index (χ2v) is 4.89. The SMILES string of the molecule is OB(O)c1ccc(Br)cc1.c1cnc2ncccc2c1. The second kappa shape index (κ2) is 7.14. The molecule has 0 aliphatic rings. The van der Waals surface area contributed by atoms with Crippen LogP contribution in [-0.4, -0.2) is 27.1 Å². The summed E-state index contributed by atoms with van der Waals surface area (Å²) in [7, 11) is -1.37. The lowest BCUT2D eigenvalue weighted by Crippen LogP contribution is -2.29. The highest BCUT2D eigenvalue weighted by Gasteiger charge is 2.08. The molecule has 4 nitrogen and oxygen atoms in total. The van der Waals surface area contributed by atoms with Crippen LogP contribution in [0.5, 0.6) is 0 Å². The van der Waals surface area contributed by atoms with E-state index in [9.17, 15) is 0 Å². The molecule has 6 heteroatoms. The molecular weight excluding hydrogens is 319 g/mol. The predicted octanol–water partition coefficient (Wildman–Crippen LogP) is 1.76. The van der Waals surface area contributed by atoms with Crippen LogP contribution in [0, 0.1) is 0 Å². The Bertz CT molecular complexity index is 612. The fraction of sp³-hybridized carbons (Fsp3) is 0. The van der Waals surface area contributed by atoms with Gasteiger partial charge in [-0.1, -0.05) is 28.1 Å². The molecule has 0 amide bonds. The summed E-state index contributed by atoms with van der Waals surface area (Å²) in [4.78, 5) is 8.14. The normalized spacial score (nSPS) is 9.75. The standard InChI is InChI=1S/C8H6N2.C6H6BBrO2/c1-3-7-4-2-6-10-8(7)9-5-1;8-6-3-1-5(2-4-6)7(9)10/h1-6H;1-4,9-10H. The van der Waals surface area contributed by atoms with E-state index in [1.54, 1.807) is 36.7 Å². The van der Waals surface area contributed by atoms with Crippen LogP contribution in [0.4, 0.5) is 0 Å². The number of nitrogens with zero attached hydrogens (tertiary/aromatic N) is 2. The first kappa shape index (κ1) is 14.6. The summed E-state index contributed by atoms with van der Waals surface area (Å²) in [6, 6.07) is 14.6. The molecule has 2 aromatic heterocycles. The van der Waals surface area contributed by atoms with Gasteiger partial charge in [0.25, 0.3) is 0 Å². The van der Waals surface area contributed by atoms with Gasteiger partial charge in [-0.3, -0.25) is 0 Å². The van der Waals surface area contributed by atoms with Gasteiger partial charge in [-0.15, -0.1) is 0 Å². The molecule has 0 saturated carbocycles. The Morgan fingerprint density at radius 2 is 1.40 bits per heavy atom. The molecule has 3 rings (SSSR count). The van der Waals surface area contributed by atoms with Crippen molar-refractivity contribution in [1.29, 1.82) is 0 Å². The molecule has 3 aromatic rings. The molecule has 2 N–H and O–H groups in total.